The summed E-state index contributed by atoms with van der Waals surface area (Å²) in [4.78, 5) is 7.98. The van der Waals surface area contributed by atoms with Crippen molar-refractivity contribution in [3.05, 3.63) is 24.3 Å². The summed E-state index contributed by atoms with van der Waals surface area (Å²) in [6.45, 7) is 4.55. The number of rotatable bonds is 5. The first-order valence-corrected chi connectivity index (χ1v) is 5.06. The Morgan fingerprint density at radius 3 is 2.62 bits per heavy atom. The van der Waals surface area contributed by atoms with Gasteiger partial charge >= 0.3 is 0 Å². The van der Waals surface area contributed by atoms with E-state index in [0.29, 0.717) is 0 Å². The standard InChI is InChI=1S/C11H18N2/c1-3-10(2)5-4-6-11-7-12-9-13-8-11/h7-10H,3-6H2,1-2H3. The molecule has 0 fully saturated rings. The molecule has 0 saturated carbocycles. The maximum atomic E-state index is 3.99. The SMILES string of the molecule is CCC(C)CCCc1cncnc1. The lowest BCUT2D eigenvalue weighted by atomic mass is 10.0. The van der Waals surface area contributed by atoms with Gasteiger partial charge < -0.3 is 0 Å². The third-order valence-corrected chi connectivity index (χ3v) is 2.47. The molecule has 0 amide bonds. The molecule has 0 N–H and O–H groups in total. The monoisotopic (exact) mass is 178 g/mol. The summed E-state index contributed by atoms with van der Waals surface area (Å²) in [6, 6.07) is 0. The fraction of sp³-hybridized carbons (Fsp3) is 0.636. The number of aryl methyl sites for hydroxylation is 1. The summed E-state index contributed by atoms with van der Waals surface area (Å²) < 4.78 is 0. The first-order valence-electron chi connectivity index (χ1n) is 5.06. The zero-order chi connectivity index (χ0) is 9.52. The van der Waals surface area contributed by atoms with E-state index in [1.807, 2.05) is 12.4 Å². The molecule has 1 aromatic rings. The first-order chi connectivity index (χ1) is 6.33. The number of aromatic nitrogens is 2. The van der Waals surface area contributed by atoms with Crippen LogP contribution in [0.1, 0.15) is 38.7 Å². The van der Waals surface area contributed by atoms with Crippen LogP contribution in [-0.2, 0) is 6.42 Å². The fourth-order valence-electron chi connectivity index (χ4n) is 1.32. The highest BCUT2D eigenvalue weighted by molar-refractivity contribution is 5.01. The van der Waals surface area contributed by atoms with E-state index in [1.165, 1.54) is 24.8 Å². The van der Waals surface area contributed by atoms with Crippen molar-refractivity contribution >= 4 is 0 Å². The van der Waals surface area contributed by atoms with Crippen LogP contribution in [0.25, 0.3) is 0 Å². The Balaban J connectivity index is 2.20. The van der Waals surface area contributed by atoms with Gasteiger partial charge in [0.15, 0.2) is 0 Å². The average molecular weight is 178 g/mol. The molecule has 0 bridgehead atoms. The summed E-state index contributed by atoms with van der Waals surface area (Å²) in [7, 11) is 0. The predicted octanol–water partition coefficient (Wildman–Crippen LogP) is 2.85. The van der Waals surface area contributed by atoms with Gasteiger partial charge in [-0.1, -0.05) is 26.7 Å². The van der Waals surface area contributed by atoms with E-state index in [0.717, 1.165) is 12.3 Å². The van der Waals surface area contributed by atoms with Gasteiger partial charge in [-0.15, -0.1) is 0 Å². The van der Waals surface area contributed by atoms with Gasteiger partial charge in [0.25, 0.3) is 0 Å². The third-order valence-electron chi connectivity index (χ3n) is 2.47. The first kappa shape index (κ1) is 10.2. The molecule has 1 heterocycles. The van der Waals surface area contributed by atoms with Crippen molar-refractivity contribution in [1.82, 2.24) is 9.97 Å². The van der Waals surface area contributed by atoms with Crippen LogP contribution >= 0.6 is 0 Å². The molecule has 1 unspecified atom stereocenters. The number of hydrogen-bond acceptors (Lipinski definition) is 2. The summed E-state index contributed by atoms with van der Waals surface area (Å²) in [5.41, 5.74) is 1.26. The summed E-state index contributed by atoms with van der Waals surface area (Å²) in [6.07, 6.45) is 10.4. The molecule has 0 radical (unpaired) electrons. The lowest BCUT2D eigenvalue weighted by Crippen LogP contribution is -1.94. The van der Waals surface area contributed by atoms with Crippen LogP contribution in [0.2, 0.25) is 0 Å². The Morgan fingerprint density at radius 1 is 1.31 bits per heavy atom. The van der Waals surface area contributed by atoms with Crippen molar-refractivity contribution in [3.63, 3.8) is 0 Å². The molecule has 2 heteroatoms. The summed E-state index contributed by atoms with van der Waals surface area (Å²) in [5.74, 6) is 0.852. The molecule has 1 atom stereocenters. The van der Waals surface area contributed by atoms with E-state index in [4.69, 9.17) is 0 Å². The minimum atomic E-state index is 0.852. The maximum Gasteiger partial charge on any atom is 0.115 e. The molecule has 1 rings (SSSR count). The van der Waals surface area contributed by atoms with Crippen molar-refractivity contribution in [2.24, 2.45) is 5.92 Å². The number of nitrogens with zero attached hydrogens (tertiary/aromatic N) is 2. The Morgan fingerprint density at radius 2 is 2.00 bits per heavy atom. The van der Waals surface area contributed by atoms with Gasteiger partial charge in [-0.05, 0) is 24.3 Å². The van der Waals surface area contributed by atoms with Gasteiger partial charge in [-0.2, -0.15) is 0 Å². The van der Waals surface area contributed by atoms with Crippen LogP contribution in [-0.4, -0.2) is 9.97 Å². The molecule has 2 nitrogen and oxygen atoms in total. The summed E-state index contributed by atoms with van der Waals surface area (Å²) in [5, 5.41) is 0. The fourth-order valence-corrected chi connectivity index (χ4v) is 1.32. The highest BCUT2D eigenvalue weighted by Gasteiger charge is 1.99. The lowest BCUT2D eigenvalue weighted by molar-refractivity contribution is 0.495. The van der Waals surface area contributed by atoms with Crippen molar-refractivity contribution in [2.45, 2.75) is 39.5 Å². The second kappa shape index (κ2) is 5.68. The van der Waals surface area contributed by atoms with Gasteiger partial charge in [-0.25, -0.2) is 9.97 Å². The largest absolute Gasteiger partial charge is 0.245 e. The minimum absolute atomic E-state index is 0.852. The second-order valence-electron chi connectivity index (χ2n) is 3.65. The molecule has 1 aromatic heterocycles. The topological polar surface area (TPSA) is 25.8 Å². The van der Waals surface area contributed by atoms with Crippen LogP contribution in [0, 0.1) is 5.92 Å². The molecular formula is C11H18N2. The van der Waals surface area contributed by atoms with E-state index in [2.05, 4.69) is 23.8 Å². The molecule has 0 spiro atoms. The quantitative estimate of drug-likeness (QED) is 0.693. The second-order valence-corrected chi connectivity index (χ2v) is 3.65. The van der Waals surface area contributed by atoms with Gasteiger partial charge in [-0.3, -0.25) is 0 Å². The van der Waals surface area contributed by atoms with Crippen LogP contribution in [0.5, 0.6) is 0 Å². The maximum absolute atomic E-state index is 3.99. The van der Waals surface area contributed by atoms with E-state index in [1.54, 1.807) is 6.33 Å². The smallest absolute Gasteiger partial charge is 0.115 e. The lowest BCUT2D eigenvalue weighted by Gasteiger charge is -2.06. The van der Waals surface area contributed by atoms with Gasteiger partial charge in [0.2, 0.25) is 0 Å². The van der Waals surface area contributed by atoms with E-state index in [9.17, 15) is 0 Å². The Bertz CT molecular complexity index is 221. The molecular weight excluding hydrogens is 160 g/mol. The Kier molecular flexibility index (Phi) is 4.44. The highest BCUT2D eigenvalue weighted by atomic mass is 14.8. The van der Waals surface area contributed by atoms with Crippen molar-refractivity contribution < 1.29 is 0 Å². The zero-order valence-corrected chi connectivity index (χ0v) is 8.53. The van der Waals surface area contributed by atoms with E-state index in [-0.39, 0.29) is 0 Å². The van der Waals surface area contributed by atoms with Crippen molar-refractivity contribution in [2.75, 3.05) is 0 Å². The van der Waals surface area contributed by atoms with Crippen LogP contribution in [0.3, 0.4) is 0 Å². The molecule has 0 aliphatic carbocycles. The van der Waals surface area contributed by atoms with Gasteiger partial charge in [0, 0.05) is 12.4 Å². The Labute approximate surface area is 80.4 Å². The van der Waals surface area contributed by atoms with Crippen LogP contribution < -0.4 is 0 Å². The summed E-state index contributed by atoms with van der Waals surface area (Å²) >= 11 is 0. The third kappa shape index (κ3) is 4.02. The van der Waals surface area contributed by atoms with Gasteiger partial charge in [0.05, 0.1) is 0 Å². The van der Waals surface area contributed by atoms with Crippen LogP contribution in [0.15, 0.2) is 18.7 Å². The minimum Gasteiger partial charge on any atom is -0.245 e. The normalized spacial score (nSPS) is 12.8. The highest BCUT2D eigenvalue weighted by Crippen LogP contribution is 2.11. The molecule has 0 aromatic carbocycles. The zero-order valence-electron chi connectivity index (χ0n) is 8.53. The molecule has 0 aliphatic heterocycles. The molecule has 13 heavy (non-hydrogen) atoms. The molecule has 0 aliphatic rings. The van der Waals surface area contributed by atoms with Crippen molar-refractivity contribution in [3.8, 4) is 0 Å². The van der Waals surface area contributed by atoms with Gasteiger partial charge in [0.1, 0.15) is 6.33 Å². The Hall–Kier alpha value is -0.920. The van der Waals surface area contributed by atoms with Crippen molar-refractivity contribution in [1.29, 1.82) is 0 Å². The molecule has 0 saturated heterocycles. The predicted molar refractivity (Wildman–Crippen MR) is 54.4 cm³/mol. The molecule has 72 valence electrons. The van der Waals surface area contributed by atoms with E-state index >= 15 is 0 Å². The van der Waals surface area contributed by atoms with E-state index < -0.39 is 0 Å². The van der Waals surface area contributed by atoms with Crippen LogP contribution in [0.4, 0.5) is 0 Å². The number of hydrogen-bond donors (Lipinski definition) is 0. The average Bonchev–Trinajstić information content (AvgIpc) is 2.19.